The van der Waals surface area contributed by atoms with Crippen LogP contribution in [-0.4, -0.2) is 38.6 Å². The van der Waals surface area contributed by atoms with E-state index in [4.69, 9.17) is 4.98 Å². The van der Waals surface area contributed by atoms with E-state index in [1.54, 1.807) is 41.8 Å². The number of nitrogens with zero attached hydrogens (tertiary/aromatic N) is 4. The van der Waals surface area contributed by atoms with Crippen LogP contribution in [0.1, 0.15) is 50.5 Å². The molecule has 0 aliphatic heterocycles. The summed E-state index contributed by atoms with van der Waals surface area (Å²) >= 11 is 1.69. The van der Waals surface area contributed by atoms with Crippen molar-refractivity contribution in [3.8, 4) is 11.3 Å². The molecule has 2 N–H and O–H groups in total. The Morgan fingerprint density at radius 3 is 2.53 bits per heavy atom. The van der Waals surface area contributed by atoms with Crippen LogP contribution in [-0.2, 0) is 0 Å². The Hall–Kier alpha value is -3.59. The van der Waals surface area contributed by atoms with Gasteiger partial charge < -0.3 is 10.6 Å². The zero-order valence-electron chi connectivity index (χ0n) is 18.6. The van der Waals surface area contributed by atoms with Gasteiger partial charge in [0.15, 0.2) is 5.65 Å². The number of hydrogen-bond acceptors (Lipinski definition) is 6. The number of aryl methyl sites for hydroxylation is 2. The highest BCUT2D eigenvalue weighted by Gasteiger charge is 2.20. The quantitative estimate of drug-likeness (QED) is 0.472. The fourth-order valence-corrected chi connectivity index (χ4v) is 4.48. The summed E-state index contributed by atoms with van der Waals surface area (Å²) in [6.07, 6.45) is 1.67. The number of thiophene rings is 1. The molecule has 0 aliphatic rings. The summed E-state index contributed by atoms with van der Waals surface area (Å²) in [5.74, 6) is -0.370. The van der Waals surface area contributed by atoms with Crippen molar-refractivity contribution < 1.29 is 9.59 Å². The molecule has 0 atom stereocenters. The van der Waals surface area contributed by atoms with Gasteiger partial charge in [0.1, 0.15) is 11.5 Å². The van der Waals surface area contributed by atoms with Crippen molar-refractivity contribution in [2.24, 2.45) is 0 Å². The van der Waals surface area contributed by atoms with Crippen LogP contribution in [0.2, 0.25) is 0 Å². The van der Waals surface area contributed by atoms with Gasteiger partial charge in [-0.05, 0) is 52.0 Å². The monoisotopic (exact) mass is 448 g/mol. The molecule has 4 aromatic rings. The Morgan fingerprint density at radius 2 is 1.88 bits per heavy atom. The second-order valence-electron chi connectivity index (χ2n) is 7.74. The number of pyridine rings is 2. The van der Waals surface area contributed by atoms with E-state index in [9.17, 15) is 9.59 Å². The Bertz CT molecular complexity index is 1340. The zero-order valence-corrected chi connectivity index (χ0v) is 19.4. The second kappa shape index (κ2) is 8.51. The van der Waals surface area contributed by atoms with E-state index in [0.717, 1.165) is 16.1 Å². The van der Waals surface area contributed by atoms with E-state index in [0.29, 0.717) is 22.4 Å². The van der Waals surface area contributed by atoms with Crippen molar-refractivity contribution in [3.05, 3.63) is 57.5 Å². The summed E-state index contributed by atoms with van der Waals surface area (Å²) in [6, 6.07) is 8.87. The Labute approximate surface area is 189 Å². The van der Waals surface area contributed by atoms with E-state index in [1.807, 2.05) is 25.5 Å². The molecule has 0 aromatic carbocycles. The number of amides is 2. The average Bonchev–Trinajstić information content (AvgIpc) is 3.35. The molecule has 32 heavy (non-hydrogen) atoms. The minimum atomic E-state index is -0.340. The smallest absolute Gasteiger partial charge is 0.269 e. The van der Waals surface area contributed by atoms with Crippen LogP contribution in [0.5, 0.6) is 0 Å². The van der Waals surface area contributed by atoms with E-state index in [1.165, 1.54) is 11.9 Å². The van der Waals surface area contributed by atoms with E-state index in [2.05, 4.69) is 33.7 Å². The lowest BCUT2D eigenvalue weighted by Crippen LogP contribution is -2.20. The van der Waals surface area contributed by atoms with Gasteiger partial charge in [-0.15, -0.1) is 11.3 Å². The molecule has 0 spiro atoms. The number of nitrogens with one attached hydrogen (secondary N) is 2. The average molecular weight is 449 g/mol. The first-order valence-electron chi connectivity index (χ1n) is 10.2. The zero-order chi connectivity index (χ0) is 23.0. The summed E-state index contributed by atoms with van der Waals surface area (Å²) in [4.78, 5) is 36.6. The van der Waals surface area contributed by atoms with Crippen molar-refractivity contribution in [2.75, 3.05) is 12.4 Å². The topological polar surface area (TPSA) is 102 Å². The molecule has 4 heterocycles. The summed E-state index contributed by atoms with van der Waals surface area (Å²) < 4.78 is 1.81. The van der Waals surface area contributed by atoms with Crippen LogP contribution in [0.15, 0.2) is 36.5 Å². The van der Waals surface area contributed by atoms with Gasteiger partial charge in [-0.3, -0.25) is 9.59 Å². The van der Waals surface area contributed by atoms with Gasteiger partial charge >= 0.3 is 0 Å². The lowest BCUT2D eigenvalue weighted by molar-refractivity contribution is 0.0956. The molecule has 0 radical (unpaired) electrons. The molecular formula is C23H24N6O2S. The number of carbonyl (C=O) groups excluding carboxylic acids is 2. The maximum Gasteiger partial charge on any atom is 0.269 e. The molecule has 0 saturated carbocycles. The third-order valence-corrected chi connectivity index (χ3v) is 6.03. The minimum absolute atomic E-state index is 0.0855. The third-order valence-electron chi connectivity index (χ3n) is 5.07. The SMILES string of the molecule is CNC(=O)c1cccc(NC(=O)c2cc(-c3cc(C)sc3C)nc3c2cnn3C(C)C)n1. The molecule has 164 valence electrons. The highest BCUT2D eigenvalue weighted by molar-refractivity contribution is 7.12. The van der Waals surface area contributed by atoms with Crippen LogP contribution < -0.4 is 10.6 Å². The van der Waals surface area contributed by atoms with Gasteiger partial charge in [-0.1, -0.05) is 6.07 Å². The molecule has 8 nitrogen and oxygen atoms in total. The molecular weight excluding hydrogens is 424 g/mol. The standard InChI is InChI=1S/C23H24N6O2S/c1-12(2)29-21-17(11-25-29)16(10-19(27-21)15-9-13(3)32-14(15)4)22(30)28-20-8-6-7-18(26-20)23(31)24-5/h6-12H,1-5H3,(H,24,31)(H,26,28,30). The van der Waals surface area contributed by atoms with Gasteiger partial charge in [0.25, 0.3) is 11.8 Å². The Balaban J connectivity index is 1.81. The first-order chi connectivity index (χ1) is 15.3. The number of hydrogen-bond donors (Lipinski definition) is 2. The lowest BCUT2D eigenvalue weighted by Gasteiger charge is -2.11. The van der Waals surface area contributed by atoms with Crippen molar-refractivity contribution in [1.82, 2.24) is 25.1 Å². The third kappa shape index (κ3) is 3.99. The highest BCUT2D eigenvalue weighted by atomic mass is 32.1. The van der Waals surface area contributed by atoms with Crippen LogP contribution in [0, 0.1) is 13.8 Å². The molecule has 4 aromatic heterocycles. The summed E-state index contributed by atoms with van der Waals surface area (Å²) in [5.41, 5.74) is 3.05. The predicted molar refractivity (Wildman–Crippen MR) is 126 cm³/mol. The fraction of sp³-hybridized carbons (Fsp3) is 0.261. The van der Waals surface area contributed by atoms with Crippen molar-refractivity contribution in [1.29, 1.82) is 0 Å². The molecule has 0 aliphatic carbocycles. The van der Waals surface area contributed by atoms with Crippen molar-refractivity contribution in [3.63, 3.8) is 0 Å². The number of rotatable bonds is 5. The summed E-state index contributed by atoms with van der Waals surface area (Å²) in [6.45, 7) is 8.15. The van der Waals surface area contributed by atoms with Gasteiger partial charge in [-0.2, -0.15) is 5.10 Å². The normalized spacial score (nSPS) is 11.2. The van der Waals surface area contributed by atoms with Gasteiger partial charge in [0.05, 0.1) is 22.8 Å². The molecule has 0 fully saturated rings. The van der Waals surface area contributed by atoms with Gasteiger partial charge in [0.2, 0.25) is 0 Å². The van der Waals surface area contributed by atoms with E-state index in [-0.39, 0.29) is 23.6 Å². The van der Waals surface area contributed by atoms with Crippen LogP contribution in [0.3, 0.4) is 0 Å². The van der Waals surface area contributed by atoms with Gasteiger partial charge in [0, 0.05) is 28.4 Å². The van der Waals surface area contributed by atoms with Crippen LogP contribution in [0.4, 0.5) is 5.82 Å². The van der Waals surface area contributed by atoms with Crippen molar-refractivity contribution in [2.45, 2.75) is 33.7 Å². The fourth-order valence-electron chi connectivity index (χ4n) is 3.55. The molecule has 0 saturated heterocycles. The summed E-state index contributed by atoms with van der Waals surface area (Å²) in [5, 5.41) is 10.5. The minimum Gasteiger partial charge on any atom is -0.354 e. The molecule has 2 amide bonds. The number of carbonyl (C=O) groups is 2. The number of fused-ring (bicyclic) bond motifs is 1. The molecule has 9 heteroatoms. The molecule has 4 rings (SSSR count). The van der Waals surface area contributed by atoms with Crippen molar-refractivity contribution >= 4 is 40.0 Å². The number of aromatic nitrogens is 4. The lowest BCUT2D eigenvalue weighted by atomic mass is 10.1. The molecule has 0 bridgehead atoms. The number of anilines is 1. The summed E-state index contributed by atoms with van der Waals surface area (Å²) in [7, 11) is 1.53. The highest BCUT2D eigenvalue weighted by Crippen LogP contribution is 2.32. The first kappa shape index (κ1) is 21.6. The Morgan fingerprint density at radius 1 is 1.09 bits per heavy atom. The maximum absolute atomic E-state index is 13.3. The van der Waals surface area contributed by atoms with Crippen LogP contribution in [0.25, 0.3) is 22.3 Å². The second-order valence-corrected chi connectivity index (χ2v) is 9.20. The van der Waals surface area contributed by atoms with E-state index < -0.39 is 0 Å². The Kier molecular flexibility index (Phi) is 5.75. The van der Waals surface area contributed by atoms with E-state index >= 15 is 0 Å². The molecule has 0 unspecified atom stereocenters. The first-order valence-corrected chi connectivity index (χ1v) is 11.1. The van der Waals surface area contributed by atoms with Gasteiger partial charge in [-0.25, -0.2) is 14.6 Å². The van der Waals surface area contributed by atoms with Crippen LogP contribution >= 0.6 is 11.3 Å². The predicted octanol–water partition coefficient (Wildman–Crippen LogP) is 4.36. The maximum atomic E-state index is 13.3. The largest absolute Gasteiger partial charge is 0.354 e.